The molecule has 0 aliphatic rings. The van der Waals surface area contributed by atoms with Gasteiger partial charge in [0.1, 0.15) is 6.10 Å². The van der Waals surface area contributed by atoms with Crippen molar-refractivity contribution in [3.63, 3.8) is 0 Å². The second-order valence-electron chi connectivity index (χ2n) is 9.34. The number of rotatable bonds is 14. The van der Waals surface area contributed by atoms with E-state index in [1.165, 1.54) is 46.0 Å². The highest BCUT2D eigenvalue weighted by molar-refractivity contribution is 5.78. The number of esters is 1. The van der Waals surface area contributed by atoms with Gasteiger partial charge in [-0.05, 0) is 51.9 Å². The fourth-order valence-corrected chi connectivity index (χ4v) is 2.27. The van der Waals surface area contributed by atoms with Crippen LogP contribution in [0.3, 0.4) is 0 Å². The van der Waals surface area contributed by atoms with E-state index in [1.807, 2.05) is 58.6 Å². The van der Waals surface area contributed by atoms with Crippen LogP contribution in [0.25, 0.3) is 0 Å². The van der Waals surface area contributed by atoms with Crippen molar-refractivity contribution in [1.29, 1.82) is 0 Å². The van der Waals surface area contributed by atoms with Gasteiger partial charge in [0.05, 0.1) is 7.11 Å². The summed E-state index contributed by atoms with van der Waals surface area (Å²) in [4.78, 5) is 33.4. The number of methoxy groups -OCH3 is 2. The van der Waals surface area contributed by atoms with Crippen molar-refractivity contribution in [2.24, 2.45) is 11.7 Å². The van der Waals surface area contributed by atoms with Crippen molar-refractivity contribution in [3.05, 3.63) is 36.5 Å². The van der Waals surface area contributed by atoms with Gasteiger partial charge in [0.2, 0.25) is 11.8 Å². The van der Waals surface area contributed by atoms with E-state index in [1.54, 1.807) is 6.92 Å². The van der Waals surface area contributed by atoms with Gasteiger partial charge in [-0.25, -0.2) is 0 Å². The Morgan fingerprint density at radius 2 is 1.36 bits per heavy atom. The van der Waals surface area contributed by atoms with Gasteiger partial charge in [-0.1, -0.05) is 118 Å². The molecule has 0 rings (SSSR count). The highest BCUT2D eigenvalue weighted by Crippen LogP contribution is 2.07. The van der Waals surface area contributed by atoms with Crippen molar-refractivity contribution in [1.82, 2.24) is 4.90 Å². The number of hydrogen-bond donors (Lipinski definition) is 1. The molecule has 7 heteroatoms. The van der Waals surface area contributed by atoms with E-state index in [0.29, 0.717) is 12.3 Å². The molecule has 0 spiro atoms. The molecule has 0 saturated carbocycles. The minimum Gasteiger partial charge on any atom is -0.469 e. The van der Waals surface area contributed by atoms with Gasteiger partial charge in [0, 0.05) is 34.0 Å². The number of nitrogens with two attached hydrogens (primary N) is 1. The quantitative estimate of drug-likeness (QED) is 0.117. The smallest absolute Gasteiger partial charge is 0.302 e. The normalized spacial score (nSPS) is 10.7. The van der Waals surface area contributed by atoms with E-state index < -0.39 is 6.10 Å². The van der Waals surface area contributed by atoms with Crippen molar-refractivity contribution in [3.8, 4) is 0 Å². The van der Waals surface area contributed by atoms with Crippen LogP contribution in [0, 0.1) is 5.92 Å². The maximum Gasteiger partial charge on any atom is 0.302 e. The van der Waals surface area contributed by atoms with Crippen LogP contribution < -0.4 is 5.73 Å². The zero-order valence-electron chi connectivity index (χ0n) is 32.3. The van der Waals surface area contributed by atoms with Crippen LogP contribution in [0.4, 0.5) is 0 Å². The number of hydrogen-bond acceptors (Lipinski definition) is 5. The third-order valence-electron chi connectivity index (χ3n) is 5.50. The predicted molar refractivity (Wildman–Crippen MR) is 196 cm³/mol. The Balaban J connectivity index is -0.0000000834. The molecule has 2 amide bonds. The summed E-state index contributed by atoms with van der Waals surface area (Å²) in [5.41, 5.74) is 6.40. The van der Waals surface area contributed by atoms with Crippen LogP contribution in [-0.2, 0) is 23.9 Å². The van der Waals surface area contributed by atoms with Crippen molar-refractivity contribution < 1.29 is 23.9 Å². The summed E-state index contributed by atoms with van der Waals surface area (Å²) in [6, 6.07) is 0. The largest absolute Gasteiger partial charge is 0.469 e. The highest BCUT2D eigenvalue weighted by Gasteiger charge is 2.12. The molecule has 0 aliphatic heterocycles. The maximum absolute atomic E-state index is 11.1. The Morgan fingerprint density at radius 1 is 0.909 bits per heavy atom. The molecule has 0 saturated heterocycles. The third-order valence-corrected chi connectivity index (χ3v) is 5.50. The van der Waals surface area contributed by atoms with E-state index in [-0.39, 0.29) is 17.8 Å². The molecule has 2 atom stereocenters. The first-order valence-electron chi connectivity index (χ1n) is 16.8. The Labute approximate surface area is 276 Å². The molecule has 0 aliphatic carbocycles. The molecule has 0 bridgehead atoms. The lowest BCUT2D eigenvalue weighted by molar-refractivity contribution is -0.138. The van der Waals surface area contributed by atoms with E-state index in [9.17, 15) is 14.4 Å². The molecule has 2 N–H and O–H groups in total. The SMILES string of the molecule is C/C=C(\C)CN(CCC)C(C)=O.C=CCC.CC.CC.CCC(C)/C=C/CCCC(OC)C(N)=O.CCCC.COC(C)=O. The molecule has 0 aromatic heterocycles. The zero-order valence-corrected chi connectivity index (χ0v) is 32.3. The second kappa shape index (κ2) is 53.2. The monoisotopic (exact) mass is 631 g/mol. The maximum atomic E-state index is 11.1. The van der Waals surface area contributed by atoms with Gasteiger partial charge in [-0.2, -0.15) is 0 Å². The number of amides is 2. The van der Waals surface area contributed by atoms with Crippen LogP contribution in [-0.4, -0.2) is 56.1 Å². The Hall–Kier alpha value is -2.41. The Kier molecular flexibility index (Phi) is 69.2. The molecule has 0 aromatic rings. The van der Waals surface area contributed by atoms with Gasteiger partial charge in [-0.15, -0.1) is 6.58 Å². The van der Waals surface area contributed by atoms with Gasteiger partial charge >= 0.3 is 5.97 Å². The summed E-state index contributed by atoms with van der Waals surface area (Å²) in [6.07, 6.45) is 16.4. The lowest BCUT2D eigenvalue weighted by Crippen LogP contribution is -2.30. The van der Waals surface area contributed by atoms with E-state index in [4.69, 9.17) is 10.5 Å². The van der Waals surface area contributed by atoms with E-state index in [0.717, 1.165) is 38.8 Å². The van der Waals surface area contributed by atoms with Gasteiger partial charge in [0.15, 0.2) is 0 Å². The van der Waals surface area contributed by atoms with Crippen LogP contribution in [0.2, 0.25) is 0 Å². The van der Waals surface area contributed by atoms with Crippen molar-refractivity contribution in [2.45, 2.75) is 154 Å². The summed E-state index contributed by atoms with van der Waals surface area (Å²) < 4.78 is 9.07. The summed E-state index contributed by atoms with van der Waals surface area (Å²) in [5, 5.41) is 0. The molecule has 0 aromatic carbocycles. The summed E-state index contributed by atoms with van der Waals surface area (Å²) in [7, 11) is 2.87. The Bertz CT molecular complexity index is 644. The average Bonchev–Trinajstić information content (AvgIpc) is 3.04. The minimum absolute atomic E-state index is 0.165. The molecule has 0 radical (unpaired) electrons. The van der Waals surface area contributed by atoms with Crippen LogP contribution in [0.15, 0.2) is 36.5 Å². The second-order valence-corrected chi connectivity index (χ2v) is 9.34. The number of primary amides is 1. The first-order valence-corrected chi connectivity index (χ1v) is 16.8. The fourth-order valence-electron chi connectivity index (χ4n) is 2.27. The molecular weight excluding hydrogens is 552 g/mol. The topological polar surface area (TPSA) is 98.9 Å². The Morgan fingerprint density at radius 3 is 1.61 bits per heavy atom. The first-order chi connectivity index (χ1) is 20.8. The standard InChI is InChI=1S/C12H23NO2.C10H19NO.C4H10.C4H8.C3H6O2.2C2H6/c1-4-10(2)8-6-5-7-9-11(15-3)12(13)14;1-5-7-11(10(4)12)8-9(3)6-2;2*1-3-4-2;1-3(4)5-2;2*1-2/h6,8,10-11H,4-5,7,9H2,1-3H3,(H2,13,14);6H,5,7-8H2,1-4H3;3-4H2,1-2H3;3H,1,4H2,2H3;1-2H3;2*1-2H3/b8-6+;9-6+;;;;;. The number of nitrogens with zero attached hydrogens (tertiary/aromatic N) is 1. The van der Waals surface area contributed by atoms with E-state index >= 15 is 0 Å². The zero-order chi connectivity index (χ0) is 36.4. The summed E-state index contributed by atoms with van der Waals surface area (Å²) in [5.74, 6) is 0.186. The lowest BCUT2D eigenvalue weighted by Gasteiger charge is -2.20. The first kappa shape index (κ1) is 57.3. The average molecular weight is 631 g/mol. The van der Waals surface area contributed by atoms with Crippen LogP contribution >= 0.6 is 0 Å². The number of carbonyl (C=O) groups excluding carboxylic acids is 3. The number of ether oxygens (including phenoxy) is 2. The summed E-state index contributed by atoms with van der Waals surface area (Å²) >= 11 is 0. The molecule has 266 valence electrons. The highest BCUT2D eigenvalue weighted by atomic mass is 16.5. The minimum atomic E-state index is -0.429. The van der Waals surface area contributed by atoms with Crippen molar-refractivity contribution in [2.75, 3.05) is 27.3 Å². The van der Waals surface area contributed by atoms with Crippen molar-refractivity contribution >= 4 is 17.8 Å². The number of carbonyl (C=O) groups is 3. The van der Waals surface area contributed by atoms with Gasteiger partial charge in [0.25, 0.3) is 0 Å². The van der Waals surface area contributed by atoms with Gasteiger partial charge < -0.3 is 20.1 Å². The van der Waals surface area contributed by atoms with Gasteiger partial charge in [-0.3, -0.25) is 14.4 Å². The molecule has 0 fully saturated rings. The number of allylic oxidation sites excluding steroid dienone is 4. The van der Waals surface area contributed by atoms with Crippen LogP contribution in [0.5, 0.6) is 0 Å². The molecule has 7 nitrogen and oxygen atoms in total. The van der Waals surface area contributed by atoms with Crippen LogP contribution in [0.1, 0.15) is 148 Å². The molecule has 44 heavy (non-hydrogen) atoms. The molecule has 0 heterocycles. The van der Waals surface area contributed by atoms with E-state index in [2.05, 4.69) is 65.0 Å². The summed E-state index contributed by atoms with van der Waals surface area (Å²) in [6.45, 7) is 33.0. The third kappa shape index (κ3) is 63.0. The number of unbranched alkanes of at least 4 members (excludes halogenated alkanes) is 2. The lowest BCUT2D eigenvalue weighted by atomic mass is 10.1. The molecular formula is C37H78N2O5. The predicted octanol–water partition coefficient (Wildman–Crippen LogP) is 10.1. The fraction of sp³-hybridized carbons (Fsp3) is 0.757. The molecule has 2 unspecified atom stereocenters.